The van der Waals surface area contributed by atoms with E-state index in [0.717, 1.165) is 12.8 Å². The average Bonchev–Trinajstić information content (AvgIpc) is 2.31. The highest BCUT2D eigenvalue weighted by molar-refractivity contribution is 9.10. The van der Waals surface area contributed by atoms with Gasteiger partial charge in [-0.25, -0.2) is 4.98 Å². The number of pyridine rings is 1. The Bertz CT molecular complexity index is 441. The van der Waals surface area contributed by atoms with Crippen LogP contribution in [0.25, 0.3) is 0 Å². The Morgan fingerprint density at radius 1 is 1.65 bits per heavy atom. The molecule has 6 heteroatoms. The number of amides is 1. The quantitative estimate of drug-likeness (QED) is 0.807. The van der Waals surface area contributed by atoms with E-state index in [2.05, 4.69) is 20.9 Å². The van der Waals surface area contributed by atoms with Crippen molar-refractivity contribution >= 4 is 33.4 Å². The molecule has 0 aliphatic carbocycles. The summed E-state index contributed by atoms with van der Waals surface area (Å²) in [6.07, 6.45) is 2.66. The van der Waals surface area contributed by atoms with Gasteiger partial charge in [0, 0.05) is 23.8 Å². The van der Waals surface area contributed by atoms with Crippen molar-refractivity contribution in [2.24, 2.45) is 0 Å². The van der Waals surface area contributed by atoms with Gasteiger partial charge in [-0.15, -0.1) is 0 Å². The fourth-order valence-corrected chi connectivity index (χ4v) is 2.40. The lowest BCUT2D eigenvalue weighted by molar-refractivity contribution is 0.0473. The maximum Gasteiger partial charge on any atom is 0.257 e. The molecule has 1 unspecified atom stereocenters. The summed E-state index contributed by atoms with van der Waals surface area (Å²) in [7, 11) is 0. The van der Waals surface area contributed by atoms with Crippen molar-refractivity contribution < 1.29 is 9.90 Å². The molecule has 2 heterocycles. The molecule has 0 radical (unpaired) electrons. The molecule has 1 aliphatic rings. The Hall–Kier alpha value is -0.650. The second kappa shape index (κ2) is 5.33. The first-order valence-corrected chi connectivity index (χ1v) is 6.53. The number of nitrogens with zero attached hydrogens (tertiary/aromatic N) is 2. The highest BCUT2D eigenvalue weighted by atomic mass is 79.9. The van der Waals surface area contributed by atoms with Crippen LogP contribution in [0, 0.1) is 0 Å². The van der Waals surface area contributed by atoms with Crippen molar-refractivity contribution in [3.8, 4) is 0 Å². The van der Waals surface area contributed by atoms with E-state index >= 15 is 0 Å². The van der Waals surface area contributed by atoms with Gasteiger partial charge in [0.1, 0.15) is 5.15 Å². The average molecular weight is 320 g/mol. The monoisotopic (exact) mass is 318 g/mol. The van der Waals surface area contributed by atoms with Crippen LogP contribution in [-0.4, -0.2) is 40.1 Å². The van der Waals surface area contributed by atoms with Gasteiger partial charge in [0.15, 0.2) is 0 Å². The van der Waals surface area contributed by atoms with E-state index in [1.807, 2.05) is 0 Å². The largest absolute Gasteiger partial charge is 0.391 e. The number of aliphatic hydroxyl groups excluding tert-OH is 1. The van der Waals surface area contributed by atoms with E-state index in [-0.39, 0.29) is 11.1 Å². The summed E-state index contributed by atoms with van der Waals surface area (Å²) in [4.78, 5) is 17.7. The summed E-state index contributed by atoms with van der Waals surface area (Å²) in [6.45, 7) is 1.01. The summed E-state index contributed by atoms with van der Waals surface area (Å²) in [6, 6.07) is 1.65. The summed E-state index contributed by atoms with van der Waals surface area (Å²) >= 11 is 9.16. The van der Waals surface area contributed by atoms with Crippen molar-refractivity contribution in [1.82, 2.24) is 9.88 Å². The van der Waals surface area contributed by atoms with Crippen molar-refractivity contribution in [2.75, 3.05) is 13.1 Å². The summed E-state index contributed by atoms with van der Waals surface area (Å²) in [5.74, 6) is -0.178. The van der Waals surface area contributed by atoms with E-state index < -0.39 is 6.10 Å². The SMILES string of the molecule is O=C(c1cc(Br)cnc1Cl)N1CCCC(O)C1. The van der Waals surface area contributed by atoms with Gasteiger partial charge >= 0.3 is 0 Å². The Morgan fingerprint density at radius 2 is 2.41 bits per heavy atom. The molecule has 1 fully saturated rings. The Morgan fingerprint density at radius 3 is 3.12 bits per heavy atom. The molecule has 92 valence electrons. The number of piperidine rings is 1. The third kappa shape index (κ3) is 2.97. The van der Waals surface area contributed by atoms with Crippen LogP contribution in [0.4, 0.5) is 0 Å². The van der Waals surface area contributed by atoms with Crippen LogP contribution in [0.5, 0.6) is 0 Å². The van der Waals surface area contributed by atoms with Gasteiger partial charge in [0.2, 0.25) is 0 Å². The third-order valence-electron chi connectivity index (χ3n) is 2.72. The van der Waals surface area contributed by atoms with E-state index in [4.69, 9.17) is 11.6 Å². The molecule has 0 bridgehead atoms. The molecule has 0 spiro atoms. The second-order valence-electron chi connectivity index (χ2n) is 4.04. The Balaban J connectivity index is 2.21. The van der Waals surface area contributed by atoms with Crippen molar-refractivity contribution in [3.05, 3.63) is 27.5 Å². The van der Waals surface area contributed by atoms with Crippen LogP contribution in [-0.2, 0) is 0 Å². The highest BCUT2D eigenvalue weighted by Crippen LogP contribution is 2.21. The minimum absolute atomic E-state index is 0.178. The van der Waals surface area contributed by atoms with Gasteiger partial charge in [0.25, 0.3) is 5.91 Å². The first kappa shape index (κ1) is 12.8. The predicted octanol–water partition coefficient (Wildman–Crippen LogP) is 2.09. The molecule has 1 atom stereocenters. The summed E-state index contributed by atoms with van der Waals surface area (Å²) in [5, 5.41) is 9.74. The van der Waals surface area contributed by atoms with E-state index in [9.17, 15) is 9.90 Å². The number of aromatic nitrogens is 1. The molecule has 1 aromatic rings. The minimum atomic E-state index is -0.438. The molecular formula is C11H12BrClN2O2. The van der Waals surface area contributed by atoms with Gasteiger partial charge in [-0.2, -0.15) is 0 Å². The first-order chi connectivity index (χ1) is 8.08. The number of hydrogen-bond acceptors (Lipinski definition) is 3. The number of carbonyl (C=O) groups excluding carboxylic acids is 1. The molecule has 2 rings (SSSR count). The number of hydrogen-bond donors (Lipinski definition) is 1. The number of aliphatic hydroxyl groups is 1. The molecule has 1 N–H and O–H groups in total. The van der Waals surface area contributed by atoms with Crippen molar-refractivity contribution in [1.29, 1.82) is 0 Å². The molecule has 17 heavy (non-hydrogen) atoms. The maximum absolute atomic E-state index is 12.2. The van der Waals surface area contributed by atoms with Crippen LogP contribution >= 0.6 is 27.5 Å². The zero-order valence-corrected chi connectivity index (χ0v) is 11.4. The molecule has 1 saturated heterocycles. The number of rotatable bonds is 1. The lowest BCUT2D eigenvalue weighted by Crippen LogP contribution is -2.42. The summed E-state index contributed by atoms with van der Waals surface area (Å²) < 4.78 is 0.711. The topological polar surface area (TPSA) is 53.4 Å². The number of halogens is 2. The molecule has 0 aromatic carbocycles. The number of β-amino-alcohol motifs (C(OH)–C–C–N with tert-alkyl or cyclic N) is 1. The molecule has 4 nitrogen and oxygen atoms in total. The molecule has 1 aliphatic heterocycles. The van der Waals surface area contributed by atoms with Crippen LogP contribution in [0.3, 0.4) is 0 Å². The Kier molecular flexibility index (Phi) is 4.01. The standard InChI is InChI=1S/C11H12BrClN2O2/c12-7-4-9(10(13)14-5-7)11(17)15-3-1-2-8(16)6-15/h4-5,8,16H,1-3,6H2. The molecular weight excluding hydrogens is 307 g/mol. The van der Waals surface area contributed by atoms with Crippen LogP contribution in [0.2, 0.25) is 5.15 Å². The minimum Gasteiger partial charge on any atom is -0.391 e. The predicted molar refractivity (Wildman–Crippen MR) is 68.1 cm³/mol. The van der Waals surface area contributed by atoms with Gasteiger partial charge < -0.3 is 10.0 Å². The van der Waals surface area contributed by atoms with Crippen molar-refractivity contribution in [3.63, 3.8) is 0 Å². The lowest BCUT2D eigenvalue weighted by atomic mass is 10.1. The van der Waals surface area contributed by atoms with Gasteiger partial charge in [0.05, 0.1) is 11.7 Å². The van der Waals surface area contributed by atoms with E-state index in [1.54, 1.807) is 17.2 Å². The lowest BCUT2D eigenvalue weighted by Gasteiger charge is -2.30. The summed E-state index contributed by atoms with van der Waals surface area (Å²) in [5.41, 5.74) is 0.371. The highest BCUT2D eigenvalue weighted by Gasteiger charge is 2.24. The van der Waals surface area contributed by atoms with E-state index in [0.29, 0.717) is 23.1 Å². The van der Waals surface area contributed by atoms with Crippen LogP contribution in [0.1, 0.15) is 23.2 Å². The second-order valence-corrected chi connectivity index (χ2v) is 5.31. The van der Waals surface area contributed by atoms with E-state index in [1.165, 1.54) is 0 Å². The maximum atomic E-state index is 12.2. The first-order valence-electron chi connectivity index (χ1n) is 5.36. The third-order valence-corrected chi connectivity index (χ3v) is 3.45. The smallest absolute Gasteiger partial charge is 0.257 e. The van der Waals surface area contributed by atoms with Crippen molar-refractivity contribution in [2.45, 2.75) is 18.9 Å². The Labute approximate surface area is 113 Å². The van der Waals surface area contributed by atoms with Gasteiger partial charge in [-0.05, 0) is 34.8 Å². The van der Waals surface area contributed by atoms with Gasteiger partial charge in [-0.3, -0.25) is 4.79 Å². The fraction of sp³-hybridized carbons (Fsp3) is 0.455. The molecule has 1 amide bonds. The number of carbonyl (C=O) groups is 1. The zero-order chi connectivity index (χ0) is 12.4. The van der Waals surface area contributed by atoms with Gasteiger partial charge in [-0.1, -0.05) is 11.6 Å². The zero-order valence-electron chi connectivity index (χ0n) is 9.07. The molecule has 1 aromatic heterocycles. The van der Waals surface area contributed by atoms with Crippen LogP contribution in [0.15, 0.2) is 16.7 Å². The molecule has 0 saturated carbocycles. The fourth-order valence-electron chi connectivity index (χ4n) is 1.88. The van der Waals surface area contributed by atoms with Crippen LogP contribution < -0.4 is 0 Å². The number of likely N-dealkylation sites (tertiary alicyclic amines) is 1. The normalized spacial score (nSPS) is 20.4.